The molecule has 1 aliphatic carbocycles. The van der Waals surface area contributed by atoms with Crippen LogP contribution >= 0.6 is 23.2 Å². The molecule has 1 saturated carbocycles. The van der Waals surface area contributed by atoms with Crippen molar-refractivity contribution < 1.29 is 49.0 Å². The zero-order chi connectivity index (χ0) is 30.5. The van der Waals surface area contributed by atoms with E-state index in [0.29, 0.717) is 6.54 Å². The lowest BCUT2D eigenvalue weighted by Crippen LogP contribution is -2.50. The number of rotatable bonds is 8. The third-order valence-corrected chi connectivity index (χ3v) is 6.82. The summed E-state index contributed by atoms with van der Waals surface area (Å²) in [6, 6.07) is 1.27. The van der Waals surface area contributed by atoms with E-state index in [-0.39, 0.29) is 40.0 Å². The van der Waals surface area contributed by atoms with Gasteiger partial charge in [-0.3, -0.25) is 4.79 Å². The first-order valence-corrected chi connectivity index (χ1v) is 12.4. The molecular formula is C24H17Cl2F9N4O2. The highest BCUT2D eigenvalue weighted by Gasteiger charge is 2.73. The van der Waals surface area contributed by atoms with E-state index in [2.05, 4.69) is 14.8 Å². The van der Waals surface area contributed by atoms with E-state index in [1.54, 1.807) is 11.8 Å². The molecule has 6 nitrogen and oxygen atoms in total. The second-order valence-corrected chi connectivity index (χ2v) is 9.66. The lowest BCUT2D eigenvalue weighted by Gasteiger charge is -2.31. The van der Waals surface area contributed by atoms with Gasteiger partial charge in [0, 0.05) is 41.7 Å². The lowest BCUT2D eigenvalue weighted by molar-refractivity contribution is -0.348. The van der Waals surface area contributed by atoms with Crippen LogP contribution in [0.25, 0.3) is 16.8 Å². The van der Waals surface area contributed by atoms with Crippen LogP contribution < -0.4 is 4.74 Å². The Balaban J connectivity index is 1.79. The summed E-state index contributed by atoms with van der Waals surface area (Å²) < 4.78 is 125. The third-order valence-electron chi connectivity index (χ3n) is 6.23. The number of benzene rings is 1. The summed E-state index contributed by atoms with van der Waals surface area (Å²) in [4.78, 5) is 18.6. The Morgan fingerprint density at radius 2 is 1.68 bits per heavy atom. The molecule has 0 atom stereocenters. The van der Waals surface area contributed by atoms with Crippen molar-refractivity contribution in [2.75, 3.05) is 6.54 Å². The second kappa shape index (κ2) is 10.9. The Kier molecular flexibility index (Phi) is 8.17. The topological polar surface area (TPSA) is 60.2 Å². The quantitative estimate of drug-likeness (QED) is 0.188. The predicted molar refractivity (Wildman–Crippen MR) is 128 cm³/mol. The summed E-state index contributed by atoms with van der Waals surface area (Å²) in [5.74, 6) is -1.71. The third kappa shape index (κ3) is 5.78. The Labute approximate surface area is 235 Å². The monoisotopic (exact) mass is 634 g/mol. The van der Waals surface area contributed by atoms with Crippen LogP contribution in [-0.2, 0) is 5.67 Å². The largest absolute Gasteiger partial charge is 0.435 e. The van der Waals surface area contributed by atoms with Crippen molar-refractivity contribution >= 4 is 29.1 Å². The number of alkyl halides is 9. The molecule has 0 spiro atoms. The molecule has 0 N–H and O–H groups in total. The number of hydrogen-bond donors (Lipinski definition) is 0. The molecule has 2 aromatic heterocycles. The summed E-state index contributed by atoms with van der Waals surface area (Å²) in [5, 5.41) is 2.77. The first kappa shape index (κ1) is 30.8. The Morgan fingerprint density at radius 3 is 2.22 bits per heavy atom. The van der Waals surface area contributed by atoms with Gasteiger partial charge >= 0.3 is 24.6 Å². The average Bonchev–Trinajstić information content (AvgIpc) is 3.58. The van der Waals surface area contributed by atoms with Crippen molar-refractivity contribution in [2.45, 2.75) is 50.4 Å². The summed E-state index contributed by atoms with van der Waals surface area (Å²) in [6.45, 7) is -1.55. The van der Waals surface area contributed by atoms with Crippen molar-refractivity contribution in [1.29, 1.82) is 0 Å². The number of amides is 1. The highest BCUT2D eigenvalue weighted by molar-refractivity contribution is 6.33. The van der Waals surface area contributed by atoms with Gasteiger partial charge in [-0.15, -0.1) is 0 Å². The zero-order valence-corrected chi connectivity index (χ0v) is 22.0. The maximum absolute atomic E-state index is 14.6. The molecule has 17 heteroatoms. The molecule has 1 amide bonds. The Bertz CT molecular complexity index is 1440. The van der Waals surface area contributed by atoms with Crippen LogP contribution in [0, 0.1) is 0 Å². The van der Waals surface area contributed by atoms with Crippen molar-refractivity contribution in [3.8, 4) is 22.6 Å². The fraction of sp³-hybridized carbons (Fsp3) is 0.375. The van der Waals surface area contributed by atoms with Gasteiger partial charge in [-0.1, -0.05) is 23.2 Å². The Hall–Kier alpha value is -3.20. The number of ether oxygens (including phenoxy) is 1. The smallest absolute Gasteiger partial charge is 0.432 e. The molecule has 0 unspecified atom stereocenters. The van der Waals surface area contributed by atoms with Gasteiger partial charge in [0.2, 0.25) is 0 Å². The molecule has 0 saturated heterocycles. The summed E-state index contributed by atoms with van der Waals surface area (Å²) in [6.07, 6.45) is -7.92. The predicted octanol–water partition coefficient (Wildman–Crippen LogP) is 7.76. The molecule has 0 aliphatic heterocycles. The number of halogens is 11. The number of aromatic nitrogens is 3. The average molecular weight is 635 g/mol. The molecule has 41 heavy (non-hydrogen) atoms. The van der Waals surface area contributed by atoms with E-state index < -0.39 is 52.6 Å². The molecule has 1 aliphatic rings. The van der Waals surface area contributed by atoms with Crippen LogP contribution in [-0.4, -0.2) is 57.1 Å². The van der Waals surface area contributed by atoms with Crippen LogP contribution in [0.5, 0.6) is 5.75 Å². The van der Waals surface area contributed by atoms with Crippen LogP contribution in [0.1, 0.15) is 35.7 Å². The lowest BCUT2D eigenvalue weighted by atomic mass is 9.93. The summed E-state index contributed by atoms with van der Waals surface area (Å²) >= 11 is 12.1. The van der Waals surface area contributed by atoms with Gasteiger partial charge in [0.1, 0.15) is 10.8 Å². The normalized spacial score (nSPS) is 14.5. The Morgan fingerprint density at radius 1 is 1.05 bits per heavy atom. The highest BCUT2D eigenvalue weighted by atomic mass is 35.5. The standard InChI is InChI=1S/C24H17Cl2F9N4O2/c1-2-38(14-3-4-14)20(40)15-5-11(8-36-19(15)26)12-9-37-39(10-12)18-16(25)6-13(7-17(18)41-21(27)28)22(29,23(30,31)32)24(33,34)35/h5-10,14,21H,2-4H2,1H3. The van der Waals surface area contributed by atoms with Crippen molar-refractivity contribution in [3.05, 3.63) is 58.1 Å². The van der Waals surface area contributed by atoms with Gasteiger partial charge in [-0.2, -0.15) is 40.2 Å². The maximum Gasteiger partial charge on any atom is 0.435 e. The summed E-state index contributed by atoms with van der Waals surface area (Å²) in [7, 11) is 0. The molecule has 1 fully saturated rings. The van der Waals surface area contributed by atoms with E-state index in [1.165, 1.54) is 12.3 Å². The van der Waals surface area contributed by atoms with Crippen molar-refractivity contribution in [3.63, 3.8) is 0 Å². The molecule has 3 aromatic rings. The highest BCUT2D eigenvalue weighted by Crippen LogP contribution is 2.54. The zero-order valence-electron chi connectivity index (χ0n) is 20.5. The number of carbonyl (C=O) groups excluding carboxylic acids is 1. The van der Waals surface area contributed by atoms with E-state index >= 15 is 0 Å². The molecule has 0 bridgehead atoms. The van der Waals surface area contributed by atoms with E-state index in [4.69, 9.17) is 23.2 Å². The van der Waals surface area contributed by atoms with Crippen LogP contribution in [0.3, 0.4) is 0 Å². The van der Waals surface area contributed by atoms with E-state index in [1.807, 2.05) is 0 Å². The van der Waals surface area contributed by atoms with E-state index in [9.17, 15) is 44.3 Å². The fourth-order valence-corrected chi connectivity index (χ4v) is 4.61. The van der Waals surface area contributed by atoms with Gasteiger partial charge in [-0.05, 0) is 38.0 Å². The SMILES string of the molecule is CCN(C(=O)c1cc(-c2cnn(-c3c(Cl)cc(C(F)(C(F)(F)F)C(F)(F)F)cc3OC(F)F)c2)cnc1Cl)C1CC1. The number of pyridine rings is 1. The van der Waals surface area contributed by atoms with Crippen molar-refractivity contribution in [2.24, 2.45) is 0 Å². The first-order valence-electron chi connectivity index (χ1n) is 11.6. The molecular weight excluding hydrogens is 618 g/mol. The molecule has 1 aromatic carbocycles. The van der Waals surface area contributed by atoms with Crippen molar-refractivity contribution in [1.82, 2.24) is 19.7 Å². The summed E-state index contributed by atoms with van der Waals surface area (Å²) in [5.41, 5.74) is -8.33. The van der Waals surface area contributed by atoms with Gasteiger partial charge < -0.3 is 9.64 Å². The van der Waals surface area contributed by atoms with Gasteiger partial charge in [0.25, 0.3) is 5.91 Å². The maximum atomic E-state index is 14.6. The van der Waals surface area contributed by atoms with E-state index in [0.717, 1.165) is 29.9 Å². The number of hydrogen-bond acceptors (Lipinski definition) is 4. The molecule has 4 rings (SSSR count). The second-order valence-electron chi connectivity index (χ2n) is 8.90. The van der Waals surface area contributed by atoms with Crippen LogP contribution in [0.15, 0.2) is 36.8 Å². The van der Waals surface area contributed by atoms with Gasteiger partial charge in [-0.25, -0.2) is 14.1 Å². The van der Waals surface area contributed by atoms with Gasteiger partial charge in [0.05, 0.1) is 16.8 Å². The minimum absolute atomic E-state index is 0.00458. The first-order chi connectivity index (χ1) is 19.0. The van der Waals surface area contributed by atoms with Crippen LogP contribution in [0.2, 0.25) is 10.2 Å². The number of carbonyl (C=O) groups is 1. The molecule has 0 radical (unpaired) electrons. The minimum Gasteiger partial charge on any atom is -0.432 e. The van der Waals surface area contributed by atoms with Gasteiger partial charge in [0.15, 0.2) is 5.75 Å². The minimum atomic E-state index is -6.53. The van der Waals surface area contributed by atoms with Crippen LogP contribution in [0.4, 0.5) is 39.5 Å². The number of nitrogens with zero attached hydrogens (tertiary/aromatic N) is 4. The molecule has 2 heterocycles. The fourth-order valence-electron chi connectivity index (χ4n) is 4.13. The molecule has 222 valence electrons.